The van der Waals surface area contributed by atoms with Crippen LogP contribution in [-0.2, 0) is 0 Å². The zero-order chi connectivity index (χ0) is 9.84. The summed E-state index contributed by atoms with van der Waals surface area (Å²) in [4.78, 5) is 10.9. The molecule has 13 heavy (non-hydrogen) atoms. The van der Waals surface area contributed by atoms with Crippen molar-refractivity contribution in [1.82, 2.24) is 0 Å². The quantitative estimate of drug-likeness (QED) is 0.722. The molecule has 1 rings (SSSR count). The lowest BCUT2D eigenvalue weighted by Crippen LogP contribution is -2.09. The van der Waals surface area contributed by atoms with Gasteiger partial charge in [0.1, 0.15) is 0 Å². The molecule has 2 nitrogen and oxygen atoms in total. The van der Waals surface area contributed by atoms with Gasteiger partial charge in [-0.05, 0) is 24.1 Å². The topological polar surface area (TPSA) is 43.1 Å². The van der Waals surface area contributed by atoms with Gasteiger partial charge in [-0.1, -0.05) is 25.1 Å². The van der Waals surface area contributed by atoms with E-state index in [1.54, 1.807) is 6.07 Å². The highest BCUT2D eigenvalue weighted by Gasteiger charge is 2.05. The van der Waals surface area contributed by atoms with E-state index in [0.29, 0.717) is 12.1 Å². The first-order chi connectivity index (χ1) is 6.15. The first-order valence-corrected chi connectivity index (χ1v) is 4.63. The van der Waals surface area contributed by atoms with E-state index in [4.69, 9.17) is 5.73 Å². The minimum Gasteiger partial charge on any atom is -0.330 e. The standard InChI is InChI=1S/C10H13NOS/c1-7(6-11)8-3-2-4-9(5-8)10(12)13/h2-5,7H,6,11H2,1H3,(H,12,13). The molecule has 1 atom stereocenters. The summed E-state index contributed by atoms with van der Waals surface area (Å²) < 4.78 is 0. The van der Waals surface area contributed by atoms with Crippen molar-refractivity contribution >= 4 is 17.7 Å². The molecule has 0 spiro atoms. The molecule has 0 bridgehead atoms. The van der Waals surface area contributed by atoms with Crippen LogP contribution in [0.25, 0.3) is 0 Å². The molecule has 0 aliphatic heterocycles. The highest BCUT2D eigenvalue weighted by atomic mass is 32.1. The van der Waals surface area contributed by atoms with E-state index in [0.717, 1.165) is 5.56 Å². The Labute approximate surface area is 83.5 Å². The Morgan fingerprint density at radius 3 is 2.85 bits per heavy atom. The fraction of sp³-hybridized carbons (Fsp3) is 0.300. The molecule has 1 unspecified atom stereocenters. The molecule has 0 saturated carbocycles. The summed E-state index contributed by atoms with van der Waals surface area (Å²) in [6, 6.07) is 7.41. The molecule has 0 saturated heterocycles. The predicted molar refractivity (Wildman–Crippen MR) is 57.2 cm³/mol. The van der Waals surface area contributed by atoms with Crippen molar-refractivity contribution in [2.24, 2.45) is 5.73 Å². The third-order valence-corrected chi connectivity index (χ3v) is 2.31. The van der Waals surface area contributed by atoms with E-state index in [9.17, 15) is 4.79 Å². The van der Waals surface area contributed by atoms with Crippen LogP contribution >= 0.6 is 12.6 Å². The lowest BCUT2D eigenvalue weighted by Gasteiger charge is -2.08. The Kier molecular flexibility index (Phi) is 3.51. The van der Waals surface area contributed by atoms with E-state index in [-0.39, 0.29) is 11.0 Å². The van der Waals surface area contributed by atoms with Gasteiger partial charge in [-0.3, -0.25) is 4.79 Å². The average Bonchev–Trinajstić information content (AvgIpc) is 2.17. The summed E-state index contributed by atoms with van der Waals surface area (Å²) in [5.41, 5.74) is 7.24. The fourth-order valence-corrected chi connectivity index (χ4v) is 1.25. The van der Waals surface area contributed by atoms with Gasteiger partial charge in [-0.2, -0.15) is 0 Å². The third kappa shape index (κ3) is 2.57. The van der Waals surface area contributed by atoms with E-state index in [1.165, 1.54) is 0 Å². The van der Waals surface area contributed by atoms with E-state index in [1.807, 2.05) is 25.1 Å². The molecule has 3 heteroatoms. The molecule has 0 aliphatic rings. The summed E-state index contributed by atoms with van der Waals surface area (Å²) >= 11 is 3.76. The molecule has 0 fully saturated rings. The number of thiol groups is 1. The second-order valence-electron chi connectivity index (χ2n) is 3.07. The molecule has 70 valence electrons. The van der Waals surface area contributed by atoms with Crippen molar-refractivity contribution in [1.29, 1.82) is 0 Å². The number of carbonyl (C=O) groups is 1. The van der Waals surface area contributed by atoms with Gasteiger partial charge in [0.15, 0.2) is 0 Å². The summed E-state index contributed by atoms with van der Waals surface area (Å²) in [7, 11) is 0. The second-order valence-corrected chi connectivity index (χ2v) is 3.47. The molecule has 0 radical (unpaired) electrons. The van der Waals surface area contributed by atoms with E-state index in [2.05, 4.69) is 12.6 Å². The summed E-state index contributed by atoms with van der Waals surface area (Å²) in [5.74, 6) is 0.285. The van der Waals surface area contributed by atoms with Gasteiger partial charge in [0.05, 0.1) is 0 Å². The minimum atomic E-state index is -0.203. The van der Waals surface area contributed by atoms with E-state index < -0.39 is 0 Å². The summed E-state index contributed by atoms with van der Waals surface area (Å²) in [5, 5.41) is -0.203. The number of benzene rings is 1. The highest BCUT2D eigenvalue weighted by Crippen LogP contribution is 2.16. The van der Waals surface area contributed by atoms with Crippen molar-refractivity contribution in [2.75, 3.05) is 6.54 Å². The molecular weight excluding hydrogens is 182 g/mol. The molecule has 0 heterocycles. The maximum Gasteiger partial charge on any atom is 0.216 e. The predicted octanol–water partition coefficient (Wildman–Crippen LogP) is 1.82. The fourth-order valence-electron chi connectivity index (χ4n) is 1.11. The van der Waals surface area contributed by atoms with Crippen LogP contribution in [0.2, 0.25) is 0 Å². The SMILES string of the molecule is CC(CN)c1cccc(C(=O)S)c1. The Balaban J connectivity index is 2.98. The van der Waals surface area contributed by atoms with Crippen molar-refractivity contribution in [3.8, 4) is 0 Å². The Morgan fingerprint density at radius 2 is 2.31 bits per heavy atom. The summed E-state index contributed by atoms with van der Waals surface area (Å²) in [6.07, 6.45) is 0. The maximum atomic E-state index is 10.9. The highest BCUT2D eigenvalue weighted by molar-refractivity contribution is 7.97. The van der Waals surface area contributed by atoms with Crippen LogP contribution in [0, 0.1) is 0 Å². The molecule has 0 aliphatic carbocycles. The Hall–Kier alpha value is -0.800. The number of hydrogen-bond acceptors (Lipinski definition) is 2. The zero-order valence-corrected chi connectivity index (χ0v) is 8.42. The largest absolute Gasteiger partial charge is 0.330 e. The lowest BCUT2D eigenvalue weighted by molar-refractivity contribution is 0.109. The van der Waals surface area contributed by atoms with Gasteiger partial charge in [-0.25, -0.2) is 0 Å². The summed E-state index contributed by atoms with van der Waals surface area (Å²) in [6.45, 7) is 2.62. The van der Waals surface area contributed by atoms with Gasteiger partial charge in [0.25, 0.3) is 0 Å². The van der Waals surface area contributed by atoms with Gasteiger partial charge < -0.3 is 5.73 Å². The number of rotatable bonds is 3. The van der Waals surface area contributed by atoms with Crippen LogP contribution in [0.1, 0.15) is 28.8 Å². The van der Waals surface area contributed by atoms with Crippen molar-refractivity contribution in [3.63, 3.8) is 0 Å². The molecule has 1 aromatic carbocycles. The Morgan fingerprint density at radius 1 is 1.62 bits per heavy atom. The van der Waals surface area contributed by atoms with Crippen LogP contribution in [0.5, 0.6) is 0 Å². The van der Waals surface area contributed by atoms with Crippen molar-refractivity contribution in [2.45, 2.75) is 12.8 Å². The lowest BCUT2D eigenvalue weighted by atomic mass is 10.00. The van der Waals surface area contributed by atoms with Gasteiger partial charge in [0.2, 0.25) is 5.12 Å². The molecule has 0 amide bonds. The second kappa shape index (κ2) is 4.44. The first kappa shape index (κ1) is 10.3. The van der Waals surface area contributed by atoms with Gasteiger partial charge >= 0.3 is 0 Å². The number of carbonyl (C=O) groups excluding carboxylic acids is 1. The van der Waals surface area contributed by atoms with E-state index >= 15 is 0 Å². The minimum absolute atomic E-state index is 0.203. The van der Waals surface area contributed by atoms with Crippen LogP contribution < -0.4 is 5.73 Å². The Bertz CT molecular complexity index is 312. The smallest absolute Gasteiger partial charge is 0.216 e. The van der Waals surface area contributed by atoms with Crippen LogP contribution in [0.15, 0.2) is 24.3 Å². The normalized spacial score (nSPS) is 12.5. The van der Waals surface area contributed by atoms with Crippen molar-refractivity contribution < 1.29 is 4.79 Å². The number of nitrogens with two attached hydrogens (primary N) is 1. The van der Waals surface area contributed by atoms with Crippen molar-refractivity contribution in [3.05, 3.63) is 35.4 Å². The van der Waals surface area contributed by atoms with Crippen LogP contribution in [0.4, 0.5) is 0 Å². The number of hydrogen-bond donors (Lipinski definition) is 2. The monoisotopic (exact) mass is 195 g/mol. The molecule has 0 aromatic heterocycles. The van der Waals surface area contributed by atoms with Crippen LogP contribution in [0.3, 0.4) is 0 Å². The third-order valence-electron chi connectivity index (χ3n) is 2.06. The molecular formula is C10H13NOS. The molecule has 1 aromatic rings. The first-order valence-electron chi connectivity index (χ1n) is 4.18. The van der Waals surface area contributed by atoms with Gasteiger partial charge in [0, 0.05) is 5.56 Å². The molecule has 2 N–H and O–H groups in total. The zero-order valence-electron chi connectivity index (χ0n) is 7.53. The maximum absolute atomic E-state index is 10.9. The van der Waals surface area contributed by atoms with Gasteiger partial charge in [-0.15, -0.1) is 12.6 Å². The average molecular weight is 195 g/mol. The van der Waals surface area contributed by atoms with Crippen LogP contribution in [-0.4, -0.2) is 11.7 Å².